The number of sulfonamides is 2. The van der Waals surface area contributed by atoms with Gasteiger partial charge in [-0.1, -0.05) is 107 Å². The van der Waals surface area contributed by atoms with E-state index in [1.54, 1.807) is 109 Å². The van der Waals surface area contributed by atoms with Crippen molar-refractivity contribution in [3.8, 4) is 22.9 Å². The van der Waals surface area contributed by atoms with Crippen LogP contribution in [0.25, 0.3) is 32.4 Å². The molecular weight excluding hydrogens is 644 g/mol. The van der Waals surface area contributed by atoms with Gasteiger partial charge in [-0.3, -0.25) is 0 Å². The van der Waals surface area contributed by atoms with E-state index < -0.39 is 30.5 Å². The van der Waals surface area contributed by atoms with Crippen LogP contribution < -0.4 is 0 Å². The monoisotopic (exact) mass is 663 g/mol. The molecule has 221 valence electrons. The van der Waals surface area contributed by atoms with Crippen molar-refractivity contribution in [2.24, 2.45) is 0 Å². The Kier molecular flexibility index (Phi) is 10.1. The van der Waals surface area contributed by atoms with Gasteiger partial charge >= 0.3 is 27.5 Å². The first-order valence-electron chi connectivity index (χ1n) is 12.1. The summed E-state index contributed by atoms with van der Waals surface area (Å²) in [5.41, 5.74) is 1.89. The van der Waals surface area contributed by atoms with Crippen molar-refractivity contribution in [3.63, 3.8) is 0 Å². The molecule has 0 aliphatic carbocycles. The second kappa shape index (κ2) is 13.9. The predicted molar refractivity (Wildman–Crippen MR) is 153 cm³/mol. The van der Waals surface area contributed by atoms with Gasteiger partial charge in [0.05, 0.1) is 0 Å². The Morgan fingerprint density at radius 2 is 0.744 bits per heavy atom. The van der Waals surface area contributed by atoms with E-state index in [2.05, 4.69) is 29.8 Å². The van der Waals surface area contributed by atoms with Crippen LogP contribution in [0, 0.1) is 0 Å². The predicted octanol–water partition coefficient (Wildman–Crippen LogP) is 6.26. The number of nitrogens with zero attached hydrogens (tertiary/aromatic N) is 6. The molecule has 6 rings (SSSR count). The normalized spacial score (nSPS) is 11.0. The summed E-state index contributed by atoms with van der Waals surface area (Å²) in [6.45, 7) is 0. The fourth-order valence-electron chi connectivity index (χ4n) is 3.36. The third kappa shape index (κ3) is 8.14. The van der Waals surface area contributed by atoms with Crippen molar-refractivity contribution < 1.29 is 42.7 Å². The zero-order valence-corrected chi connectivity index (χ0v) is 24.4. The van der Waals surface area contributed by atoms with Crippen molar-refractivity contribution in [3.05, 3.63) is 131 Å². The first-order chi connectivity index (χ1) is 20.3. The summed E-state index contributed by atoms with van der Waals surface area (Å²) in [4.78, 5) is 0. The van der Waals surface area contributed by atoms with Crippen molar-refractivity contribution in [1.82, 2.24) is 20.4 Å². The summed E-state index contributed by atoms with van der Waals surface area (Å²) in [6, 6.07) is 34.4. The standard InChI is InChI=1S/2C14H10N3O3S.Cu/c2*18-21(19,17-12-9-5-2-6-10-12)14-16-15-13(20-14)11-7-3-1-4-8-11;/h2*1-10H;/q2*-1;+2. The van der Waals surface area contributed by atoms with Gasteiger partial charge < -0.3 is 18.3 Å². The van der Waals surface area contributed by atoms with Crippen LogP contribution in [-0.2, 0) is 37.1 Å². The van der Waals surface area contributed by atoms with Crippen LogP contribution in [0.5, 0.6) is 0 Å². The fourth-order valence-corrected chi connectivity index (χ4v) is 4.97. The molecule has 0 N–H and O–H groups in total. The number of benzene rings is 4. The maximum atomic E-state index is 12.1. The van der Waals surface area contributed by atoms with Gasteiger partial charge in [0.1, 0.15) is 0 Å². The molecule has 0 aliphatic heterocycles. The Hall–Kier alpha value is -4.82. The average molecular weight is 664 g/mol. The second-order valence-electron chi connectivity index (χ2n) is 8.28. The van der Waals surface area contributed by atoms with Gasteiger partial charge in [0.25, 0.3) is 0 Å². The molecule has 2 heterocycles. The van der Waals surface area contributed by atoms with E-state index in [0.717, 1.165) is 0 Å². The average Bonchev–Trinajstić information content (AvgIpc) is 3.71. The molecule has 0 bridgehead atoms. The smallest absolute Gasteiger partial charge is 0.569 e. The van der Waals surface area contributed by atoms with Gasteiger partial charge in [0, 0.05) is 11.1 Å². The van der Waals surface area contributed by atoms with E-state index in [9.17, 15) is 16.8 Å². The molecular formula is C28H20CuN6O6S2. The minimum Gasteiger partial charge on any atom is -0.569 e. The van der Waals surface area contributed by atoms with Gasteiger partial charge in [-0.15, -0.1) is 21.6 Å². The largest absolute Gasteiger partial charge is 2.00 e. The van der Waals surface area contributed by atoms with Crippen molar-refractivity contribution >= 4 is 31.4 Å². The van der Waals surface area contributed by atoms with Crippen LogP contribution in [0.1, 0.15) is 0 Å². The maximum Gasteiger partial charge on any atom is 2.00 e. The molecule has 0 amide bonds. The van der Waals surface area contributed by atoms with Gasteiger partial charge in [0.2, 0.25) is 11.8 Å². The van der Waals surface area contributed by atoms with Gasteiger partial charge in [-0.2, -0.15) is 0 Å². The van der Waals surface area contributed by atoms with Crippen molar-refractivity contribution in [1.29, 1.82) is 0 Å². The molecule has 0 aliphatic rings. The molecule has 0 saturated heterocycles. The number of hydrogen-bond acceptors (Lipinski definition) is 10. The number of aromatic nitrogens is 4. The van der Waals surface area contributed by atoms with Crippen LogP contribution in [0.3, 0.4) is 0 Å². The Bertz CT molecular complexity index is 1810. The molecule has 0 atom stereocenters. The number of rotatable bonds is 8. The zero-order valence-electron chi connectivity index (χ0n) is 21.8. The first-order valence-corrected chi connectivity index (χ1v) is 15.0. The summed E-state index contributed by atoms with van der Waals surface area (Å²) in [7, 11) is -8.03. The minimum atomic E-state index is -4.02. The molecule has 0 spiro atoms. The molecule has 0 fully saturated rings. The molecule has 12 nitrogen and oxygen atoms in total. The van der Waals surface area contributed by atoms with Gasteiger partial charge in [-0.25, -0.2) is 16.8 Å². The zero-order chi connectivity index (χ0) is 29.4. The molecule has 4 aromatic carbocycles. The third-order valence-corrected chi connectivity index (χ3v) is 7.37. The van der Waals surface area contributed by atoms with Gasteiger partial charge in [0.15, 0.2) is 20.0 Å². The van der Waals surface area contributed by atoms with Crippen LogP contribution in [0.15, 0.2) is 141 Å². The summed E-state index contributed by atoms with van der Waals surface area (Å²) in [5.74, 6) is 0.273. The Balaban J connectivity index is 0.000000192. The molecule has 0 unspecified atom stereocenters. The molecule has 15 heteroatoms. The van der Waals surface area contributed by atoms with Crippen molar-refractivity contribution in [2.75, 3.05) is 0 Å². The minimum absolute atomic E-state index is 0. The Labute approximate surface area is 257 Å². The van der Waals surface area contributed by atoms with E-state index in [4.69, 9.17) is 8.83 Å². The van der Waals surface area contributed by atoms with E-state index in [1.807, 2.05) is 12.1 Å². The summed E-state index contributed by atoms with van der Waals surface area (Å²) in [6.07, 6.45) is 0. The van der Waals surface area contributed by atoms with E-state index >= 15 is 0 Å². The molecule has 43 heavy (non-hydrogen) atoms. The molecule has 0 saturated carbocycles. The Morgan fingerprint density at radius 1 is 0.442 bits per heavy atom. The van der Waals surface area contributed by atoms with E-state index in [0.29, 0.717) is 22.5 Å². The van der Waals surface area contributed by atoms with Crippen LogP contribution >= 0.6 is 0 Å². The molecule has 6 aromatic rings. The molecule has 2 aromatic heterocycles. The molecule has 1 radical (unpaired) electrons. The summed E-state index contributed by atoms with van der Waals surface area (Å²) >= 11 is 0. The third-order valence-electron chi connectivity index (χ3n) is 5.26. The number of hydrogen-bond donors (Lipinski definition) is 0. The van der Waals surface area contributed by atoms with Crippen molar-refractivity contribution in [2.45, 2.75) is 10.4 Å². The van der Waals surface area contributed by atoms with E-state index in [1.165, 1.54) is 0 Å². The topological polar surface area (TPSA) is 174 Å². The van der Waals surface area contributed by atoms with Gasteiger partial charge in [-0.05, 0) is 24.3 Å². The van der Waals surface area contributed by atoms with Crippen LogP contribution in [-0.4, -0.2) is 37.2 Å². The fraction of sp³-hybridized carbons (Fsp3) is 0. The second-order valence-corrected chi connectivity index (χ2v) is 11.2. The summed E-state index contributed by atoms with van der Waals surface area (Å²) in [5, 5.41) is 13.6. The Morgan fingerprint density at radius 3 is 1.07 bits per heavy atom. The van der Waals surface area contributed by atoms with Crippen LogP contribution in [0.2, 0.25) is 0 Å². The summed E-state index contributed by atoms with van der Waals surface area (Å²) < 4.78 is 66.0. The SMILES string of the molecule is O=S(=O)([N-]c1ccccc1)c1nnc(-c2ccccc2)o1.O=S(=O)([N-]c1ccccc1)c1nnc(-c2ccccc2)o1.[Cu+2]. The van der Waals surface area contributed by atoms with Crippen LogP contribution in [0.4, 0.5) is 11.4 Å². The maximum absolute atomic E-state index is 12.1. The quantitative estimate of drug-likeness (QED) is 0.169. The first kappa shape index (κ1) is 31.1. The van der Waals surface area contributed by atoms with E-state index in [-0.39, 0.29) is 28.9 Å².